The number of benzene rings is 2. The van der Waals surface area contributed by atoms with Crippen LogP contribution in [-0.2, 0) is 0 Å². The van der Waals surface area contributed by atoms with E-state index in [0.717, 1.165) is 30.5 Å². The maximum Gasteiger partial charge on any atom is 0.259 e. The highest BCUT2D eigenvalue weighted by molar-refractivity contribution is 5.99. The molecule has 5 rings (SSSR count). The average Bonchev–Trinajstić information content (AvgIpc) is 3.52. The molecule has 33 heavy (non-hydrogen) atoms. The number of rotatable bonds is 7. The number of carbonyl (C=O) groups excluding carboxylic acids is 1. The molecule has 1 saturated heterocycles. The molecule has 2 atom stereocenters. The summed E-state index contributed by atoms with van der Waals surface area (Å²) >= 11 is 0. The van der Waals surface area contributed by atoms with E-state index in [9.17, 15) is 4.79 Å². The van der Waals surface area contributed by atoms with E-state index in [1.807, 2.05) is 49.5 Å². The van der Waals surface area contributed by atoms with Crippen LogP contribution in [0.4, 0.5) is 0 Å². The van der Waals surface area contributed by atoms with Gasteiger partial charge in [0, 0.05) is 37.4 Å². The summed E-state index contributed by atoms with van der Waals surface area (Å²) in [6, 6.07) is 23.1. The molecule has 0 spiro atoms. The molecule has 7 heteroatoms. The molecular formula is C26H28N6O. The lowest BCUT2D eigenvalue weighted by Crippen LogP contribution is -2.32. The van der Waals surface area contributed by atoms with Crippen LogP contribution in [0.15, 0.2) is 79.1 Å². The normalized spacial score (nSPS) is 18.0. The largest absolute Gasteiger partial charge is 0.342 e. The van der Waals surface area contributed by atoms with Crippen molar-refractivity contribution in [3.05, 3.63) is 90.3 Å². The van der Waals surface area contributed by atoms with Gasteiger partial charge in [0.1, 0.15) is 5.56 Å². The fourth-order valence-electron chi connectivity index (χ4n) is 4.47. The highest BCUT2D eigenvalue weighted by atomic mass is 16.2. The number of nitrogens with zero attached hydrogens (tertiary/aromatic N) is 4. The summed E-state index contributed by atoms with van der Waals surface area (Å²) in [6.07, 6.45) is 6.32. The number of carbonyl (C=O) groups is 1. The Balaban J connectivity index is 1.20. The van der Waals surface area contributed by atoms with E-state index in [1.165, 1.54) is 5.56 Å². The lowest BCUT2D eigenvalue weighted by Gasteiger charge is -2.17. The molecule has 7 nitrogen and oxygen atoms in total. The second kappa shape index (κ2) is 9.52. The maximum absolute atomic E-state index is 13.1. The molecule has 3 heterocycles. The minimum Gasteiger partial charge on any atom is -0.342 e. The second-order valence-corrected chi connectivity index (χ2v) is 8.54. The first kappa shape index (κ1) is 21.3. The van der Waals surface area contributed by atoms with E-state index < -0.39 is 0 Å². The molecule has 1 aliphatic rings. The third-order valence-electron chi connectivity index (χ3n) is 6.28. The number of hydrazine groups is 1. The molecule has 2 aromatic heterocycles. The number of hydrogen-bond acceptors (Lipinski definition) is 5. The molecule has 1 aliphatic heterocycles. The molecular weight excluding hydrogens is 412 g/mol. The van der Waals surface area contributed by atoms with Crippen LogP contribution < -0.4 is 10.9 Å². The molecule has 0 bridgehead atoms. The van der Waals surface area contributed by atoms with Gasteiger partial charge in [-0.05, 0) is 30.9 Å². The minimum atomic E-state index is -0.0534. The van der Waals surface area contributed by atoms with Gasteiger partial charge in [-0.2, -0.15) is 5.10 Å². The van der Waals surface area contributed by atoms with Gasteiger partial charge >= 0.3 is 0 Å². The predicted octanol–water partition coefficient (Wildman–Crippen LogP) is 3.86. The molecule has 0 saturated carbocycles. The predicted molar refractivity (Wildman–Crippen MR) is 128 cm³/mol. The van der Waals surface area contributed by atoms with E-state index in [-0.39, 0.29) is 5.91 Å². The molecule has 2 N–H and O–H groups in total. The van der Waals surface area contributed by atoms with Gasteiger partial charge in [-0.1, -0.05) is 60.7 Å². The third kappa shape index (κ3) is 4.51. The van der Waals surface area contributed by atoms with Gasteiger partial charge in [0.05, 0.1) is 11.9 Å². The Labute approximate surface area is 193 Å². The number of aromatic nitrogens is 3. The third-order valence-corrected chi connectivity index (χ3v) is 6.28. The highest BCUT2D eigenvalue weighted by Gasteiger charge is 2.25. The van der Waals surface area contributed by atoms with Crippen molar-refractivity contribution in [2.24, 2.45) is 0 Å². The van der Waals surface area contributed by atoms with Crippen LogP contribution in [0.3, 0.4) is 0 Å². The molecule has 0 radical (unpaired) electrons. The number of amides is 1. The van der Waals surface area contributed by atoms with E-state index in [0.29, 0.717) is 29.8 Å². The Bertz CT molecular complexity index is 1220. The summed E-state index contributed by atoms with van der Waals surface area (Å²) in [5.74, 6) is -0.0534. The average molecular weight is 441 g/mol. The molecule has 2 aromatic carbocycles. The first-order valence-electron chi connectivity index (χ1n) is 11.4. The van der Waals surface area contributed by atoms with Crippen molar-refractivity contribution in [1.29, 1.82) is 0 Å². The maximum atomic E-state index is 13.1. The lowest BCUT2D eigenvalue weighted by molar-refractivity contribution is 0.0793. The fourth-order valence-corrected chi connectivity index (χ4v) is 4.47. The van der Waals surface area contributed by atoms with Crippen molar-refractivity contribution in [2.75, 3.05) is 13.6 Å². The van der Waals surface area contributed by atoms with Crippen LogP contribution in [0.2, 0.25) is 0 Å². The zero-order valence-corrected chi connectivity index (χ0v) is 18.7. The van der Waals surface area contributed by atoms with Crippen LogP contribution in [0.25, 0.3) is 16.9 Å². The van der Waals surface area contributed by atoms with Crippen LogP contribution in [0.5, 0.6) is 0 Å². The zero-order valence-electron chi connectivity index (χ0n) is 18.7. The number of hydrogen-bond donors (Lipinski definition) is 2. The standard InChI is InChI=1S/C26H28N6O/c1-31(16-8-13-21-17-23(30-29-21)19-9-4-2-5-10-19)26(33)22-18-28-32-24(14-15-27-25(22)32)20-11-6-3-7-12-20/h2-7,9-12,14-15,18,21,23,29-30H,8,13,16-17H2,1H3. The van der Waals surface area contributed by atoms with Crippen molar-refractivity contribution in [2.45, 2.75) is 31.3 Å². The minimum absolute atomic E-state index is 0.0534. The van der Waals surface area contributed by atoms with E-state index >= 15 is 0 Å². The van der Waals surface area contributed by atoms with Gasteiger partial charge in [-0.3, -0.25) is 15.6 Å². The van der Waals surface area contributed by atoms with Crippen molar-refractivity contribution >= 4 is 11.6 Å². The van der Waals surface area contributed by atoms with Gasteiger partial charge in [0.2, 0.25) is 0 Å². The molecule has 1 fully saturated rings. The second-order valence-electron chi connectivity index (χ2n) is 8.54. The van der Waals surface area contributed by atoms with Crippen LogP contribution in [-0.4, -0.2) is 45.0 Å². The lowest BCUT2D eigenvalue weighted by atomic mass is 10.00. The van der Waals surface area contributed by atoms with Gasteiger partial charge in [0.15, 0.2) is 5.65 Å². The van der Waals surface area contributed by atoms with Gasteiger partial charge in [-0.25, -0.2) is 9.50 Å². The van der Waals surface area contributed by atoms with Gasteiger partial charge in [-0.15, -0.1) is 0 Å². The van der Waals surface area contributed by atoms with E-state index in [1.54, 1.807) is 21.8 Å². The monoisotopic (exact) mass is 440 g/mol. The Morgan fingerprint density at radius 2 is 1.82 bits per heavy atom. The summed E-state index contributed by atoms with van der Waals surface area (Å²) in [6.45, 7) is 0.683. The Hall–Kier alpha value is -3.55. The van der Waals surface area contributed by atoms with Crippen molar-refractivity contribution < 1.29 is 4.79 Å². The smallest absolute Gasteiger partial charge is 0.259 e. The zero-order chi connectivity index (χ0) is 22.6. The summed E-state index contributed by atoms with van der Waals surface area (Å²) in [4.78, 5) is 19.4. The number of nitrogens with one attached hydrogen (secondary N) is 2. The van der Waals surface area contributed by atoms with Gasteiger partial charge in [0.25, 0.3) is 5.91 Å². The molecule has 0 aliphatic carbocycles. The molecule has 2 unspecified atom stereocenters. The Morgan fingerprint density at radius 3 is 2.61 bits per heavy atom. The van der Waals surface area contributed by atoms with E-state index in [2.05, 4.69) is 45.2 Å². The summed E-state index contributed by atoms with van der Waals surface area (Å²) in [5.41, 5.74) is 11.2. The first-order chi connectivity index (χ1) is 16.2. The van der Waals surface area contributed by atoms with Crippen molar-refractivity contribution in [1.82, 2.24) is 30.3 Å². The molecule has 168 valence electrons. The molecule has 4 aromatic rings. The summed E-state index contributed by atoms with van der Waals surface area (Å²) in [5, 5.41) is 4.47. The highest BCUT2D eigenvalue weighted by Crippen LogP contribution is 2.24. The Kier molecular flexibility index (Phi) is 6.15. The summed E-state index contributed by atoms with van der Waals surface area (Å²) < 4.78 is 1.74. The van der Waals surface area contributed by atoms with Crippen LogP contribution in [0.1, 0.15) is 41.2 Å². The van der Waals surface area contributed by atoms with Gasteiger partial charge < -0.3 is 4.90 Å². The Morgan fingerprint density at radius 1 is 1.06 bits per heavy atom. The van der Waals surface area contributed by atoms with E-state index in [4.69, 9.17) is 0 Å². The molecule has 1 amide bonds. The quantitative estimate of drug-likeness (QED) is 0.457. The van der Waals surface area contributed by atoms with Crippen LogP contribution >= 0.6 is 0 Å². The van der Waals surface area contributed by atoms with Crippen LogP contribution in [0, 0.1) is 0 Å². The van der Waals surface area contributed by atoms with Crippen molar-refractivity contribution in [3.8, 4) is 11.3 Å². The summed E-state index contributed by atoms with van der Waals surface area (Å²) in [7, 11) is 1.85. The fraction of sp³-hybridized carbons (Fsp3) is 0.269. The number of fused-ring (bicyclic) bond motifs is 1. The van der Waals surface area contributed by atoms with Crippen molar-refractivity contribution in [3.63, 3.8) is 0 Å². The first-order valence-corrected chi connectivity index (χ1v) is 11.4. The SMILES string of the molecule is CN(CCCC1CC(c2ccccc2)NN1)C(=O)c1cnn2c(-c3ccccc3)ccnc12. The topological polar surface area (TPSA) is 74.6 Å².